The van der Waals surface area contributed by atoms with Crippen LogP contribution in [-0.2, 0) is 11.2 Å². The molecule has 0 amide bonds. The lowest BCUT2D eigenvalue weighted by Crippen LogP contribution is -2.16. The number of aromatic nitrogens is 1. The van der Waals surface area contributed by atoms with Crippen molar-refractivity contribution in [3.63, 3.8) is 0 Å². The molecule has 0 atom stereocenters. The summed E-state index contributed by atoms with van der Waals surface area (Å²) in [6.45, 7) is 4.76. The molecule has 1 saturated carbocycles. The van der Waals surface area contributed by atoms with E-state index in [4.69, 9.17) is 9.84 Å². The third-order valence-corrected chi connectivity index (χ3v) is 5.72. The average molecular weight is 466 g/mol. The number of benzene rings is 1. The van der Waals surface area contributed by atoms with E-state index in [1.54, 1.807) is 12.1 Å². The number of aromatic amines is 1. The van der Waals surface area contributed by atoms with Crippen molar-refractivity contribution in [1.82, 2.24) is 4.98 Å². The van der Waals surface area contributed by atoms with Crippen molar-refractivity contribution in [2.24, 2.45) is 10.9 Å². The SMILES string of the molecule is C=N/C(=C(\C=C(/C)COc1ccc2[nH]c(CCC(=O)O)c(F)c2c1)C(F)(F)F)C1CCCC1. The first-order chi connectivity index (χ1) is 15.6. The van der Waals surface area contributed by atoms with Crippen LogP contribution in [0.25, 0.3) is 10.9 Å². The molecular weight excluding hydrogens is 440 g/mol. The minimum atomic E-state index is -4.57. The Morgan fingerprint density at radius 2 is 2.03 bits per heavy atom. The Balaban J connectivity index is 1.79. The number of hydrogen-bond acceptors (Lipinski definition) is 3. The van der Waals surface area contributed by atoms with E-state index in [9.17, 15) is 22.4 Å². The summed E-state index contributed by atoms with van der Waals surface area (Å²) in [5.74, 6) is -1.56. The number of aliphatic imine (C=N–C) groups is 1. The highest BCUT2D eigenvalue weighted by Crippen LogP contribution is 2.39. The Bertz CT molecular complexity index is 1090. The van der Waals surface area contributed by atoms with Gasteiger partial charge >= 0.3 is 12.1 Å². The predicted octanol–water partition coefficient (Wildman–Crippen LogP) is 6.36. The maximum atomic E-state index is 14.6. The van der Waals surface area contributed by atoms with Gasteiger partial charge in [0.1, 0.15) is 12.4 Å². The molecule has 0 spiro atoms. The summed E-state index contributed by atoms with van der Waals surface area (Å²) in [5.41, 5.74) is 0.160. The smallest absolute Gasteiger partial charge is 0.418 e. The zero-order chi connectivity index (χ0) is 24.2. The molecule has 33 heavy (non-hydrogen) atoms. The number of allylic oxidation sites excluding steroid dienone is 3. The van der Waals surface area contributed by atoms with E-state index in [1.165, 1.54) is 13.0 Å². The van der Waals surface area contributed by atoms with E-state index >= 15 is 0 Å². The van der Waals surface area contributed by atoms with Crippen molar-refractivity contribution < 1.29 is 32.2 Å². The highest BCUT2D eigenvalue weighted by Gasteiger charge is 2.37. The monoisotopic (exact) mass is 466 g/mol. The molecule has 0 aliphatic heterocycles. The quantitative estimate of drug-likeness (QED) is 0.257. The molecule has 1 aliphatic rings. The predicted molar refractivity (Wildman–Crippen MR) is 118 cm³/mol. The van der Waals surface area contributed by atoms with Crippen LogP contribution in [0.1, 0.15) is 44.7 Å². The minimum absolute atomic E-state index is 0.0150. The topological polar surface area (TPSA) is 74.7 Å². The maximum Gasteiger partial charge on any atom is 0.418 e. The maximum absolute atomic E-state index is 14.6. The fraction of sp³-hybridized carbons (Fsp3) is 0.417. The van der Waals surface area contributed by atoms with Crippen molar-refractivity contribution in [2.75, 3.05) is 6.61 Å². The fourth-order valence-electron chi connectivity index (χ4n) is 4.11. The van der Waals surface area contributed by atoms with E-state index in [1.807, 2.05) is 0 Å². The number of fused-ring (bicyclic) bond motifs is 1. The molecule has 2 aromatic rings. The lowest BCUT2D eigenvalue weighted by molar-refractivity contribution is -0.137. The summed E-state index contributed by atoms with van der Waals surface area (Å²) in [6, 6.07) is 4.59. The molecule has 0 unspecified atom stereocenters. The van der Waals surface area contributed by atoms with Crippen molar-refractivity contribution in [2.45, 2.75) is 51.6 Å². The molecule has 5 nitrogen and oxygen atoms in total. The Morgan fingerprint density at radius 3 is 2.64 bits per heavy atom. The van der Waals surface area contributed by atoms with E-state index in [0.29, 0.717) is 23.9 Å². The summed E-state index contributed by atoms with van der Waals surface area (Å²) < 4.78 is 61.5. The molecule has 3 rings (SSSR count). The normalized spacial score (nSPS) is 16.2. The van der Waals surface area contributed by atoms with Crippen LogP contribution in [0.4, 0.5) is 17.6 Å². The van der Waals surface area contributed by atoms with Gasteiger partial charge in [-0.3, -0.25) is 9.79 Å². The fourth-order valence-corrected chi connectivity index (χ4v) is 4.11. The molecule has 1 heterocycles. The number of carboxylic acid groups (broad SMARTS) is 1. The number of halogens is 4. The number of nitrogens with one attached hydrogen (secondary N) is 1. The minimum Gasteiger partial charge on any atom is -0.489 e. The molecule has 1 aliphatic carbocycles. The molecular formula is C24H26F4N2O3. The first-order valence-corrected chi connectivity index (χ1v) is 10.7. The second-order valence-electron chi connectivity index (χ2n) is 8.23. The van der Waals surface area contributed by atoms with E-state index < -0.39 is 23.5 Å². The van der Waals surface area contributed by atoms with Gasteiger partial charge in [0, 0.05) is 23.2 Å². The van der Waals surface area contributed by atoms with Gasteiger partial charge in [0.15, 0.2) is 5.82 Å². The van der Waals surface area contributed by atoms with Crippen LogP contribution in [0, 0.1) is 11.7 Å². The van der Waals surface area contributed by atoms with Crippen LogP contribution >= 0.6 is 0 Å². The Hall–Kier alpha value is -3.10. The van der Waals surface area contributed by atoms with Gasteiger partial charge < -0.3 is 14.8 Å². The zero-order valence-electron chi connectivity index (χ0n) is 18.3. The summed E-state index contributed by atoms with van der Waals surface area (Å²) in [7, 11) is 0. The van der Waals surface area contributed by atoms with Gasteiger partial charge in [-0.2, -0.15) is 13.2 Å². The number of alkyl halides is 3. The Morgan fingerprint density at radius 1 is 1.33 bits per heavy atom. The lowest BCUT2D eigenvalue weighted by Gasteiger charge is -2.17. The Labute approximate surface area is 188 Å². The van der Waals surface area contributed by atoms with Crippen LogP contribution in [0.3, 0.4) is 0 Å². The molecule has 1 aromatic carbocycles. The van der Waals surface area contributed by atoms with E-state index in [-0.39, 0.29) is 47.9 Å². The number of ether oxygens (including phenoxy) is 1. The third kappa shape index (κ3) is 6.03. The standard InChI is InChI=1S/C24H26F4N2O3/c1-14(11-18(24(26,27)28)23(29-2)15-5-3-4-6-15)13-33-16-7-8-19-17(12-16)22(25)20(30-19)9-10-21(31)32/h7-8,11-12,15,30H,2-6,9-10,13H2,1H3,(H,31,32)/b14-11+,23-18+. The van der Waals surface area contributed by atoms with Crippen molar-refractivity contribution in [3.8, 4) is 5.75 Å². The zero-order valence-corrected chi connectivity index (χ0v) is 18.3. The van der Waals surface area contributed by atoms with Crippen molar-refractivity contribution in [1.29, 1.82) is 0 Å². The molecule has 0 radical (unpaired) electrons. The first-order valence-electron chi connectivity index (χ1n) is 10.7. The van der Waals surface area contributed by atoms with Gasteiger partial charge in [-0.15, -0.1) is 0 Å². The van der Waals surface area contributed by atoms with Gasteiger partial charge in [-0.1, -0.05) is 12.8 Å². The van der Waals surface area contributed by atoms with Gasteiger partial charge in [0.25, 0.3) is 0 Å². The average Bonchev–Trinajstić information content (AvgIpc) is 3.38. The number of carboxylic acids is 1. The van der Waals surface area contributed by atoms with Crippen molar-refractivity contribution >= 4 is 23.6 Å². The molecule has 2 N–H and O–H groups in total. The summed E-state index contributed by atoms with van der Waals surface area (Å²) in [6.07, 6.45) is -0.660. The van der Waals surface area contributed by atoms with Gasteiger partial charge in [0.05, 0.1) is 23.4 Å². The van der Waals surface area contributed by atoms with E-state index in [2.05, 4.69) is 16.7 Å². The number of hydrogen-bond donors (Lipinski definition) is 2. The number of H-pyrrole nitrogens is 1. The highest BCUT2D eigenvalue weighted by atomic mass is 19.4. The van der Waals surface area contributed by atoms with Gasteiger partial charge in [0.2, 0.25) is 0 Å². The van der Waals surface area contributed by atoms with Crippen LogP contribution in [0.2, 0.25) is 0 Å². The third-order valence-electron chi connectivity index (χ3n) is 5.72. The number of rotatable bonds is 9. The molecule has 9 heteroatoms. The van der Waals surface area contributed by atoms with Gasteiger partial charge in [-0.05, 0) is 56.3 Å². The number of aryl methyl sites for hydroxylation is 1. The summed E-state index contributed by atoms with van der Waals surface area (Å²) >= 11 is 0. The second-order valence-corrected chi connectivity index (χ2v) is 8.23. The summed E-state index contributed by atoms with van der Waals surface area (Å²) in [4.78, 5) is 17.3. The number of aliphatic carboxylic acids is 1. The van der Waals surface area contributed by atoms with Crippen LogP contribution < -0.4 is 4.74 Å². The second kappa shape index (κ2) is 10.2. The van der Waals surface area contributed by atoms with Crippen LogP contribution in [0.5, 0.6) is 5.75 Å². The number of carbonyl (C=O) groups is 1. The van der Waals surface area contributed by atoms with E-state index in [0.717, 1.165) is 18.9 Å². The number of nitrogens with zero attached hydrogens (tertiary/aromatic N) is 1. The lowest BCUT2D eigenvalue weighted by atomic mass is 9.97. The van der Waals surface area contributed by atoms with Crippen LogP contribution in [-0.4, -0.2) is 35.6 Å². The summed E-state index contributed by atoms with van der Waals surface area (Å²) in [5, 5.41) is 9.01. The van der Waals surface area contributed by atoms with Crippen molar-refractivity contribution in [3.05, 3.63) is 52.6 Å². The van der Waals surface area contributed by atoms with Crippen LogP contribution in [0.15, 0.2) is 46.1 Å². The first kappa shape index (κ1) is 24.5. The van der Waals surface area contributed by atoms with Gasteiger partial charge in [-0.25, -0.2) is 4.39 Å². The highest BCUT2D eigenvalue weighted by molar-refractivity contribution is 5.83. The Kier molecular flexibility index (Phi) is 7.61. The molecule has 1 aromatic heterocycles. The molecule has 178 valence electrons. The molecule has 0 saturated heterocycles. The largest absolute Gasteiger partial charge is 0.489 e. The molecule has 1 fully saturated rings. The molecule has 0 bridgehead atoms.